The minimum atomic E-state index is -0.452. The van der Waals surface area contributed by atoms with Crippen LogP contribution in [0, 0.1) is 12.3 Å². The van der Waals surface area contributed by atoms with Crippen molar-refractivity contribution in [2.24, 2.45) is 5.41 Å². The first-order chi connectivity index (χ1) is 14.0. The van der Waals surface area contributed by atoms with Crippen LogP contribution in [0.25, 0.3) is 0 Å². The van der Waals surface area contributed by atoms with Crippen molar-refractivity contribution in [1.29, 1.82) is 0 Å². The van der Waals surface area contributed by atoms with E-state index in [9.17, 15) is 4.79 Å². The van der Waals surface area contributed by atoms with Gasteiger partial charge < -0.3 is 14.5 Å². The third kappa shape index (κ3) is 4.01. The lowest BCUT2D eigenvalue weighted by molar-refractivity contribution is -0.0266. The molecule has 3 aliphatic heterocycles. The molecule has 4 heterocycles. The fraction of sp³-hybridized carbons (Fsp3) is 0.739. The van der Waals surface area contributed by atoms with Crippen LogP contribution in [0.1, 0.15) is 57.9 Å². The fourth-order valence-electron chi connectivity index (χ4n) is 4.98. The average molecular weight is 435 g/mol. The molecular weight excluding hydrogens is 400 g/mol. The second-order valence-corrected chi connectivity index (χ2v) is 11.0. The number of rotatable bonds is 2. The van der Waals surface area contributed by atoms with Crippen LogP contribution in [-0.4, -0.2) is 65.2 Å². The molecule has 4 rings (SSSR count). The molecule has 0 N–H and O–H groups in total. The summed E-state index contributed by atoms with van der Waals surface area (Å²) in [5, 5.41) is 0.892. The highest BCUT2D eigenvalue weighted by molar-refractivity contribution is 6.32. The Labute approximate surface area is 185 Å². The van der Waals surface area contributed by atoms with Gasteiger partial charge >= 0.3 is 6.09 Å². The first-order valence-corrected chi connectivity index (χ1v) is 11.5. The summed E-state index contributed by atoms with van der Waals surface area (Å²) >= 11 is 6.81. The van der Waals surface area contributed by atoms with E-state index in [0.717, 1.165) is 74.2 Å². The zero-order chi connectivity index (χ0) is 21.8. The standard InChI is InChI=1S/C23H35ClN4O2/c1-15(2)26-9-7-17-18(11-26)25-20(16(3)19(17)24)27-10-8-23(12-27)13-28(14-23)21(29)30-22(4,5)6/h15H,7-14H2,1-6H3. The predicted octanol–water partition coefficient (Wildman–Crippen LogP) is 4.26. The molecule has 6 nitrogen and oxygen atoms in total. The smallest absolute Gasteiger partial charge is 0.410 e. The monoisotopic (exact) mass is 434 g/mol. The molecule has 0 bridgehead atoms. The lowest BCUT2D eigenvalue weighted by Crippen LogP contribution is -2.60. The summed E-state index contributed by atoms with van der Waals surface area (Å²) in [5.74, 6) is 1.02. The number of likely N-dealkylation sites (tertiary alicyclic amines) is 1. The lowest BCUT2D eigenvalue weighted by Gasteiger charge is -2.47. The summed E-state index contributed by atoms with van der Waals surface area (Å²) in [6.07, 6.45) is 1.83. The van der Waals surface area contributed by atoms with Crippen molar-refractivity contribution in [2.75, 3.05) is 37.6 Å². The highest BCUT2D eigenvalue weighted by atomic mass is 35.5. The molecule has 1 aromatic rings. The van der Waals surface area contributed by atoms with Crippen LogP contribution in [0.2, 0.25) is 5.02 Å². The number of aromatic nitrogens is 1. The molecule has 2 saturated heterocycles. The van der Waals surface area contributed by atoms with Gasteiger partial charge in [-0.15, -0.1) is 0 Å². The third-order valence-corrected chi connectivity index (χ3v) is 7.20. The van der Waals surface area contributed by atoms with Gasteiger partial charge in [0.25, 0.3) is 0 Å². The molecular formula is C23H35ClN4O2. The van der Waals surface area contributed by atoms with Gasteiger partial charge in [-0.2, -0.15) is 0 Å². The Morgan fingerprint density at radius 1 is 1.20 bits per heavy atom. The Morgan fingerprint density at radius 3 is 2.53 bits per heavy atom. The van der Waals surface area contributed by atoms with E-state index in [0.29, 0.717) is 6.04 Å². The molecule has 30 heavy (non-hydrogen) atoms. The van der Waals surface area contributed by atoms with E-state index in [1.54, 1.807) is 0 Å². The van der Waals surface area contributed by atoms with Gasteiger partial charge in [0, 0.05) is 56.3 Å². The summed E-state index contributed by atoms with van der Waals surface area (Å²) in [5.41, 5.74) is 3.15. The second kappa shape index (κ2) is 7.56. The van der Waals surface area contributed by atoms with E-state index in [-0.39, 0.29) is 11.5 Å². The average Bonchev–Trinajstić information content (AvgIpc) is 3.07. The topological polar surface area (TPSA) is 48.9 Å². The van der Waals surface area contributed by atoms with E-state index in [1.807, 2.05) is 25.7 Å². The molecule has 1 aromatic heterocycles. The highest BCUT2D eigenvalue weighted by Gasteiger charge is 2.50. The van der Waals surface area contributed by atoms with Gasteiger partial charge in [-0.05, 0) is 59.9 Å². The van der Waals surface area contributed by atoms with Crippen LogP contribution in [0.15, 0.2) is 0 Å². The normalized spacial score (nSPS) is 21.2. The third-order valence-electron chi connectivity index (χ3n) is 6.69. The van der Waals surface area contributed by atoms with Crippen molar-refractivity contribution in [2.45, 2.75) is 72.6 Å². The minimum absolute atomic E-state index is 0.150. The Kier molecular flexibility index (Phi) is 5.46. The van der Waals surface area contributed by atoms with E-state index in [2.05, 4.69) is 30.6 Å². The van der Waals surface area contributed by atoms with Gasteiger partial charge in [-0.1, -0.05) is 11.6 Å². The maximum absolute atomic E-state index is 12.3. The molecule has 1 spiro atoms. The lowest BCUT2D eigenvalue weighted by atomic mass is 9.79. The van der Waals surface area contributed by atoms with Crippen molar-refractivity contribution < 1.29 is 9.53 Å². The minimum Gasteiger partial charge on any atom is -0.444 e. The van der Waals surface area contributed by atoms with Crippen molar-refractivity contribution >= 4 is 23.5 Å². The summed E-state index contributed by atoms with van der Waals surface area (Å²) in [7, 11) is 0. The number of fused-ring (bicyclic) bond motifs is 1. The van der Waals surface area contributed by atoms with Crippen LogP contribution >= 0.6 is 11.6 Å². The molecule has 0 unspecified atom stereocenters. The van der Waals surface area contributed by atoms with Crippen molar-refractivity contribution in [1.82, 2.24) is 14.8 Å². The Balaban J connectivity index is 1.47. The maximum atomic E-state index is 12.3. The Bertz CT molecular complexity index is 843. The number of carbonyl (C=O) groups excluding carboxylic acids is 1. The molecule has 3 aliphatic rings. The van der Waals surface area contributed by atoms with Gasteiger partial charge in [0.15, 0.2) is 0 Å². The molecule has 0 atom stereocenters. The van der Waals surface area contributed by atoms with Crippen LogP contribution < -0.4 is 4.90 Å². The molecule has 0 radical (unpaired) electrons. The van der Waals surface area contributed by atoms with E-state index in [1.165, 1.54) is 5.56 Å². The Morgan fingerprint density at radius 2 is 1.90 bits per heavy atom. The van der Waals surface area contributed by atoms with Gasteiger partial charge in [0.05, 0.1) is 10.7 Å². The summed E-state index contributed by atoms with van der Waals surface area (Å²) in [6.45, 7) is 17.6. The molecule has 2 fully saturated rings. The first-order valence-electron chi connectivity index (χ1n) is 11.1. The number of pyridine rings is 1. The van der Waals surface area contributed by atoms with Crippen molar-refractivity contribution in [3.05, 3.63) is 21.8 Å². The molecule has 7 heteroatoms. The van der Waals surface area contributed by atoms with Gasteiger partial charge in [0.2, 0.25) is 0 Å². The summed E-state index contributed by atoms with van der Waals surface area (Å²) in [4.78, 5) is 24.1. The number of hydrogen-bond donors (Lipinski definition) is 0. The summed E-state index contributed by atoms with van der Waals surface area (Å²) in [6, 6.07) is 0.507. The van der Waals surface area contributed by atoms with Gasteiger partial charge in [0.1, 0.15) is 11.4 Å². The van der Waals surface area contributed by atoms with E-state index >= 15 is 0 Å². The van der Waals surface area contributed by atoms with Gasteiger partial charge in [-0.25, -0.2) is 9.78 Å². The quantitative estimate of drug-likeness (QED) is 0.696. The van der Waals surface area contributed by atoms with E-state index in [4.69, 9.17) is 21.3 Å². The first kappa shape index (κ1) is 21.7. The number of anilines is 1. The highest BCUT2D eigenvalue weighted by Crippen LogP contribution is 2.43. The van der Waals surface area contributed by atoms with Crippen molar-refractivity contribution in [3.63, 3.8) is 0 Å². The molecule has 0 saturated carbocycles. The number of halogens is 1. The zero-order valence-electron chi connectivity index (χ0n) is 19.2. The van der Waals surface area contributed by atoms with E-state index < -0.39 is 5.60 Å². The van der Waals surface area contributed by atoms with Gasteiger partial charge in [-0.3, -0.25) is 4.90 Å². The largest absolute Gasteiger partial charge is 0.444 e. The predicted molar refractivity (Wildman–Crippen MR) is 120 cm³/mol. The number of amides is 1. The van der Waals surface area contributed by atoms with Crippen LogP contribution in [-0.2, 0) is 17.7 Å². The Hall–Kier alpha value is -1.53. The number of carbonyl (C=O) groups is 1. The molecule has 0 aliphatic carbocycles. The number of ether oxygens (including phenoxy) is 1. The van der Waals surface area contributed by atoms with Crippen LogP contribution in [0.5, 0.6) is 0 Å². The maximum Gasteiger partial charge on any atom is 0.410 e. The number of hydrogen-bond acceptors (Lipinski definition) is 5. The molecule has 166 valence electrons. The second-order valence-electron chi connectivity index (χ2n) is 10.6. The van der Waals surface area contributed by atoms with Crippen LogP contribution in [0.4, 0.5) is 10.6 Å². The SMILES string of the molecule is Cc1c(N2CCC3(CN(C(=O)OC(C)(C)C)C3)C2)nc2c(c1Cl)CCN(C(C)C)C2. The van der Waals surface area contributed by atoms with Crippen molar-refractivity contribution in [3.8, 4) is 0 Å². The van der Waals surface area contributed by atoms with Crippen LogP contribution in [0.3, 0.4) is 0 Å². The fourth-order valence-corrected chi connectivity index (χ4v) is 5.27. The zero-order valence-corrected chi connectivity index (χ0v) is 20.0. The molecule has 0 aromatic carbocycles. The molecule has 1 amide bonds. The number of nitrogens with zero attached hydrogens (tertiary/aromatic N) is 4. The summed E-state index contributed by atoms with van der Waals surface area (Å²) < 4.78 is 5.52.